The van der Waals surface area contributed by atoms with Crippen molar-refractivity contribution in [3.05, 3.63) is 91.0 Å². The van der Waals surface area contributed by atoms with Crippen LogP contribution in [0.5, 0.6) is 0 Å². The molecular weight excluding hydrogens is 669 g/mol. The largest absolute Gasteiger partial charge is 0.461 e. The van der Waals surface area contributed by atoms with E-state index in [2.05, 4.69) is 73.9 Å². The molecular formula is C48H60N2O4. The van der Waals surface area contributed by atoms with Crippen molar-refractivity contribution in [1.29, 1.82) is 0 Å². The van der Waals surface area contributed by atoms with Gasteiger partial charge in [-0.3, -0.25) is 4.79 Å². The summed E-state index contributed by atoms with van der Waals surface area (Å²) in [4.78, 5) is 18.8. The Hall–Kier alpha value is -3.74. The normalized spacial score (nSPS) is 32.9. The number of hydrogen-bond acceptors (Lipinski definition) is 5. The van der Waals surface area contributed by atoms with Crippen LogP contribution in [-0.4, -0.2) is 44.0 Å². The van der Waals surface area contributed by atoms with E-state index in [4.69, 9.17) is 9.72 Å². The van der Waals surface area contributed by atoms with Gasteiger partial charge in [0.25, 0.3) is 0 Å². The number of aliphatic hydroxyl groups excluding tert-OH is 2. The highest BCUT2D eigenvalue weighted by Gasteiger charge is 2.63. The summed E-state index contributed by atoms with van der Waals surface area (Å²) in [6.45, 7) is 9.65. The van der Waals surface area contributed by atoms with Crippen molar-refractivity contribution in [3.63, 3.8) is 0 Å². The first-order chi connectivity index (χ1) is 26.1. The van der Waals surface area contributed by atoms with Crippen LogP contribution in [0.25, 0.3) is 33.9 Å². The molecule has 4 aromatic rings. The second-order valence-electron chi connectivity index (χ2n) is 18.0. The van der Waals surface area contributed by atoms with E-state index in [-0.39, 0.29) is 35.1 Å². The molecule has 1 heterocycles. The molecule has 54 heavy (non-hydrogen) atoms. The molecule has 4 fully saturated rings. The van der Waals surface area contributed by atoms with Gasteiger partial charge in [0, 0.05) is 23.1 Å². The molecule has 1 aromatic heterocycles. The molecule has 4 aliphatic rings. The molecule has 0 saturated heterocycles. The fraction of sp³-hybridized carbons (Fsp3) is 0.542. The minimum Gasteiger partial charge on any atom is -0.461 e. The Kier molecular flexibility index (Phi) is 10.4. The first-order valence-corrected chi connectivity index (χ1v) is 20.9. The second kappa shape index (κ2) is 15.1. The molecule has 6 heteroatoms. The van der Waals surface area contributed by atoms with Gasteiger partial charge in [-0.05, 0) is 111 Å². The lowest BCUT2D eigenvalue weighted by molar-refractivity contribution is -0.175. The zero-order valence-corrected chi connectivity index (χ0v) is 32.7. The molecule has 8 rings (SSSR count). The van der Waals surface area contributed by atoms with Crippen molar-refractivity contribution in [1.82, 2.24) is 9.55 Å². The van der Waals surface area contributed by atoms with Gasteiger partial charge < -0.3 is 19.5 Å². The van der Waals surface area contributed by atoms with Crippen molar-refractivity contribution in [2.24, 2.45) is 46.3 Å². The molecule has 4 saturated carbocycles. The zero-order valence-electron chi connectivity index (χ0n) is 32.7. The summed E-state index contributed by atoms with van der Waals surface area (Å²) in [6, 6.07) is 31.0. The molecule has 3 aromatic carbocycles. The van der Waals surface area contributed by atoms with Gasteiger partial charge in [-0.15, -0.1) is 0 Å². The molecule has 286 valence electrons. The van der Waals surface area contributed by atoms with E-state index in [1.165, 1.54) is 19.3 Å². The monoisotopic (exact) mass is 728 g/mol. The summed E-state index contributed by atoms with van der Waals surface area (Å²) in [5.41, 5.74) is 5.17. The number of ether oxygens (including phenoxy) is 1. The van der Waals surface area contributed by atoms with E-state index in [1.807, 2.05) is 49.4 Å². The number of aliphatic hydroxyl groups is 2. The Balaban J connectivity index is 0.961. The zero-order chi connectivity index (χ0) is 37.6. The van der Waals surface area contributed by atoms with Crippen LogP contribution >= 0.6 is 0 Å². The third-order valence-electron chi connectivity index (χ3n) is 15.2. The molecule has 0 bridgehead atoms. The van der Waals surface area contributed by atoms with Crippen molar-refractivity contribution in [2.75, 3.05) is 0 Å². The molecule has 0 amide bonds. The maximum Gasteiger partial charge on any atom is 0.306 e. The predicted molar refractivity (Wildman–Crippen MR) is 215 cm³/mol. The van der Waals surface area contributed by atoms with Gasteiger partial charge >= 0.3 is 5.97 Å². The number of aromatic nitrogens is 2. The molecule has 11 atom stereocenters. The van der Waals surface area contributed by atoms with Crippen LogP contribution in [-0.2, 0) is 16.1 Å². The van der Waals surface area contributed by atoms with Crippen LogP contribution in [0.2, 0.25) is 0 Å². The Morgan fingerprint density at radius 2 is 1.46 bits per heavy atom. The quantitative estimate of drug-likeness (QED) is 0.159. The van der Waals surface area contributed by atoms with Crippen LogP contribution in [0.15, 0.2) is 91.0 Å². The van der Waals surface area contributed by atoms with Crippen molar-refractivity contribution < 1.29 is 19.7 Å². The van der Waals surface area contributed by atoms with Gasteiger partial charge in [-0.2, -0.15) is 0 Å². The van der Waals surface area contributed by atoms with Crippen molar-refractivity contribution >= 4 is 5.97 Å². The number of hydrogen-bond donors (Lipinski definition) is 2. The molecule has 11 unspecified atom stereocenters. The average Bonchev–Trinajstić information content (AvgIpc) is 3.74. The third kappa shape index (κ3) is 6.66. The lowest BCUT2D eigenvalue weighted by Crippen LogP contribution is -2.58. The van der Waals surface area contributed by atoms with E-state index in [0.717, 1.165) is 72.4 Å². The summed E-state index contributed by atoms with van der Waals surface area (Å²) < 4.78 is 8.43. The fourth-order valence-corrected chi connectivity index (χ4v) is 12.4. The number of carbonyl (C=O) groups excluding carboxylic acids is 1. The molecule has 2 N–H and O–H groups in total. The van der Waals surface area contributed by atoms with E-state index < -0.39 is 0 Å². The maximum atomic E-state index is 13.6. The number of rotatable bonds is 10. The van der Waals surface area contributed by atoms with Crippen LogP contribution in [0.1, 0.15) is 91.9 Å². The maximum absolute atomic E-state index is 13.6. The highest BCUT2D eigenvalue weighted by Crippen LogP contribution is 2.68. The lowest BCUT2D eigenvalue weighted by Gasteiger charge is -2.62. The number of esters is 1. The number of fused-ring (bicyclic) bond motifs is 5. The smallest absolute Gasteiger partial charge is 0.306 e. The number of nitrogens with zero attached hydrogens (tertiary/aromatic N) is 2. The van der Waals surface area contributed by atoms with Crippen LogP contribution < -0.4 is 0 Å². The van der Waals surface area contributed by atoms with Crippen molar-refractivity contribution in [2.45, 2.75) is 117 Å². The van der Waals surface area contributed by atoms with E-state index in [0.29, 0.717) is 48.5 Å². The minimum atomic E-state index is -0.363. The van der Waals surface area contributed by atoms with Gasteiger partial charge in [0.1, 0.15) is 11.9 Å². The Bertz CT molecular complexity index is 1890. The van der Waals surface area contributed by atoms with Crippen LogP contribution in [0.3, 0.4) is 0 Å². The number of imidazole rings is 1. The topological polar surface area (TPSA) is 84.6 Å². The van der Waals surface area contributed by atoms with Gasteiger partial charge in [0.2, 0.25) is 0 Å². The first-order valence-electron chi connectivity index (χ1n) is 20.9. The van der Waals surface area contributed by atoms with E-state index in [9.17, 15) is 15.0 Å². The molecule has 0 aliphatic heterocycles. The van der Waals surface area contributed by atoms with Crippen molar-refractivity contribution in [3.8, 4) is 33.9 Å². The Labute approximate surface area is 322 Å². The standard InChI is InChI=1S/C48H60N2O4/c1-31(39-23-24-40-38-22-21-36-28-37(51)26-27-47(36,3)41(38)29-42(52)48(39,40)4)20-25-43(53)54-32(2)30-50-45(34-16-10-6-11-17-34)44(33-14-8-5-9-15-33)49-46(50)35-18-12-7-13-19-35/h5-19,31-32,36-42,51-52H,20-30H2,1-4H3. The van der Waals surface area contributed by atoms with E-state index >= 15 is 0 Å². The van der Waals surface area contributed by atoms with Gasteiger partial charge in [0.15, 0.2) is 0 Å². The van der Waals surface area contributed by atoms with Gasteiger partial charge in [-0.1, -0.05) is 112 Å². The molecule has 4 aliphatic carbocycles. The number of carbonyl (C=O) groups is 1. The lowest BCUT2D eigenvalue weighted by atomic mass is 9.43. The summed E-state index contributed by atoms with van der Waals surface area (Å²) in [7, 11) is 0. The van der Waals surface area contributed by atoms with E-state index in [1.54, 1.807) is 0 Å². The van der Waals surface area contributed by atoms with Crippen LogP contribution in [0.4, 0.5) is 0 Å². The first kappa shape index (κ1) is 37.2. The Morgan fingerprint density at radius 1 is 0.815 bits per heavy atom. The summed E-state index contributed by atoms with van der Waals surface area (Å²) in [5.74, 6) is 3.73. The summed E-state index contributed by atoms with van der Waals surface area (Å²) in [5, 5.41) is 22.5. The second-order valence-corrected chi connectivity index (χ2v) is 18.0. The molecule has 6 nitrogen and oxygen atoms in total. The highest BCUT2D eigenvalue weighted by atomic mass is 16.5. The molecule has 0 spiro atoms. The number of benzene rings is 3. The van der Waals surface area contributed by atoms with Gasteiger partial charge in [0.05, 0.1) is 30.1 Å². The third-order valence-corrected chi connectivity index (χ3v) is 15.2. The SMILES string of the molecule is CC(Cn1c(-c2ccccc2)nc(-c2ccccc2)c1-c1ccccc1)OC(=O)CCC(C)C1CCC2C3CCC4CC(O)CCC4(C)C3CC(O)C12C. The summed E-state index contributed by atoms with van der Waals surface area (Å²) in [6.07, 6.45) is 8.89. The molecule has 0 radical (unpaired) electrons. The highest BCUT2D eigenvalue weighted by molar-refractivity contribution is 5.82. The fourth-order valence-electron chi connectivity index (χ4n) is 12.4. The van der Waals surface area contributed by atoms with Gasteiger partial charge in [-0.25, -0.2) is 4.98 Å². The minimum absolute atomic E-state index is 0.116. The average molecular weight is 729 g/mol. The summed E-state index contributed by atoms with van der Waals surface area (Å²) >= 11 is 0. The van der Waals surface area contributed by atoms with Crippen LogP contribution in [0, 0.1) is 46.3 Å². The Morgan fingerprint density at radius 3 is 2.15 bits per heavy atom. The predicted octanol–water partition coefficient (Wildman–Crippen LogP) is 10.2.